The van der Waals surface area contributed by atoms with Crippen LogP contribution in [0.15, 0.2) is 24.3 Å². The predicted molar refractivity (Wildman–Crippen MR) is 73.9 cm³/mol. The number of aliphatic hydroxyl groups is 1. The molecule has 0 spiro atoms. The summed E-state index contributed by atoms with van der Waals surface area (Å²) in [5.41, 5.74) is 1.24. The molecule has 104 valence electrons. The van der Waals surface area contributed by atoms with Gasteiger partial charge in [0.05, 0.1) is 12.6 Å². The maximum atomic E-state index is 12.1. The smallest absolute Gasteiger partial charge is 0.251 e. The molecule has 1 aromatic carbocycles. The van der Waals surface area contributed by atoms with Crippen LogP contribution in [0, 0.1) is 11.8 Å². The highest BCUT2D eigenvalue weighted by atomic mass is 16.2. The summed E-state index contributed by atoms with van der Waals surface area (Å²) in [5, 5.41) is 14.1. The van der Waals surface area contributed by atoms with Gasteiger partial charge in [-0.2, -0.15) is 0 Å². The van der Waals surface area contributed by atoms with Crippen molar-refractivity contribution in [3.8, 4) is 11.8 Å². The van der Waals surface area contributed by atoms with E-state index in [1.54, 1.807) is 18.2 Å². The third kappa shape index (κ3) is 3.84. The van der Waals surface area contributed by atoms with E-state index in [2.05, 4.69) is 22.5 Å². The van der Waals surface area contributed by atoms with Crippen molar-refractivity contribution in [3.63, 3.8) is 0 Å². The van der Waals surface area contributed by atoms with Crippen molar-refractivity contribution in [1.29, 1.82) is 0 Å². The fraction of sp³-hybridized carbons (Fsp3) is 0.333. The van der Waals surface area contributed by atoms with Crippen molar-refractivity contribution in [2.24, 2.45) is 0 Å². The number of carbonyl (C=O) groups excluding carboxylic acids is 2. The largest absolute Gasteiger partial charge is 0.395 e. The topological polar surface area (TPSA) is 78.4 Å². The van der Waals surface area contributed by atoms with E-state index in [0.29, 0.717) is 24.9 Å². The first-order valence-electron chi connectivity index (χ1n) is 6.46. The molecule has 2 amide bonds. The molecule has 0 bridgehead atoms. The van der Waals surface area contributed by atoms with Crippen molar-refractivity contribution in [3.05, 3.63) is 35.4 Å². The van der Waals surface area contributed by atoms with Gasteiger partial charge in [0.1, 0.15) is 0 Å². The molecule has 20 heavy (non-hydrogen) atoms. The van der Waals surface area contributed by atoms with Crippen LogP contribution in [0.2, 0.25) is 0 Å². The van der Waals surface area contributed by atoms with Crippen molar-refractivity contribution in [2.45, 2.75) is 18.9 Å². The van der Waals surface area contributed by atoms with Gasteiger partial charge in [0.25, 0.3) is 5.91 Å². The van der Waals surface area contributed by atoms with Gasteiger partial charge < -0.3 is 15.7 Å². The van der Waals surface area contributed by atoms with E-state index >= 15 is 0 Å². The molecular formula is C15H16N2O3. The SMILES string of the molecule is O=C1CC(NC(=O)c2cccc(C#CCCO)c2)CN1. The summed E-state index contributed by atoms with van der Waals surface area (Å²) in [7, 11) is 0. The van der Waals surface area contributed by atoms with Crippen LogP contribution in [-0.2, 0) is 4.79 Å². The van der Waals surface area contributed by atoms with Crippen LogP contribution in [0.4, 0.5) is 0 Å². The minimum Gasteiger partial charge on any atom is -0.395 e. The maximum Gasteiger partial charge on any atom is 0.251 e. The summed E-state index contributed by atoms with van der Waals surface area (Å²) in [6.45, 7) is 0.496. The van der Waals surface area contributed by atoms with Gasteiger partial charge in [0.2, 0.25) is 5.91 Å². The lowest BCUT2D eigenvalue weighted by molar-refractivity contribution is -0.119. The van der Waals surface area contributed by atoms with Crippen LogP contribution in [0.3, 0.4) is 0 Å². The van der Waals surface area contributed by atoms with Crippen molar-refractivity contribution in [2.75, 3.05) is 13.2 Å². The second-order valence-corrected chi connectivity index (χ2v) is 4.53. The Bertz CT molecular complexity index is 572. The zero-order valence-electron chi connectivity index (χ0n) is 11.0. The first-order chi connectivity index (χ1) is 9.69. The van der Waals surface area contributed by atoms with E-state index in [-0.39, 0.29) is 24.5 Å². The average molecular weight is 272 g/mol. The highest BCUT2D eigenvalue weighted by molar-refractivity contribution is 5.95. The molecule has 1 atom stereocenters. The van der Waals surface area contributed by atoms with Crippen LogP contribution in [0.5, 0.6) is 0 Å². The van der Waals surface area contributed by atoms with Gasteiger partial charge >= 0.3 is 0 Å². The van der Waals surface area contributed by atoms with Gasteiger partial charge in [0, 0.05) is 30.5 Å². The Morgan fingerprint density at radius 3 is 3.05 bits per heavy atom. The lowest BCUT2D eigenvalue weighted by Crippen LogP contribution is -2.36. The van der Waals surface area contributed by atoms with E-state index in [4.69, 9.17) is 5.11 Å². The highest BCUT2D eigenvalue weighted by Gasteiger charge is 2.23. The Kier molecular flexibility index (Phi) is 4.75. The van der Waals surface area contributed by atoms with E-state index in [9.17, 15) is 9.59 Å². The first-order valence-corrected chi connectivity index (χ1v) is 6.46. The Morgan fingerprint density at radius 2 is 2.35 bits per heavy atom. The monoisotopic (exact) mass is 272 g/mol. The van der Waals surface area contributed by atoms with E-state index in [1.807, 2.05) is 6.07 Å². The minimum atomic E-state index is -0.211. The molecular weight excluding hydrogens is 256 g/mol. The summed E-state index contributed by atoms with van der Waals surface area (Å²) in [5.74, 6) is 5.44. The van der Waals surface area contributed by atoms with Gasteiger partial charge in [-0.3, -0.25) is 9.59 Å². The zero-order chi connectivity index (χ0) is 14.4. The zero-order valence-corrected chi connectivity index (χ0v) is 11.0. The molecule has 1 aromatic rings. The molecule has 1 aliphatic rings. The molecule has 1 saturated heterocycles. The van der Waals surface area contributed by atoms with Crippen LogP contribution in [0.25, 0.3) is 0 Å². The number of nitrogens with one attached hydrogen (secondary N) is 2. The summed E-state index contributed by atoms with van der Waals surface area (Å²) in [4.78, 5) is 23.1. The summed E-state index contributed by atoms with van der Waals surface area (Å²) in [6, 6.07) is 6.82. The van der Waals surface area contributed by atoms with Crippen LogP contribution < -0.4 is 10.6 Å². The number of aliphatic hydroxyl groups excluding tert-OH is 1. The number of rotatable bonds is 3. The standard InChI is InChI=1S/C15H16N2O3/c18-7-2-1-4-11-5-3-6-12(8-11)15(20)17-13-9-14(19)16-10-13/h3,5-6,8,13,18H,2,7,9-10H2,(H,16,19)(H,17,20). The van der Waals surface area contributed by atoms with Crippen molar-refractivity contribution in [1.82, 2.24) is 10.6 Å². The van der Waals surface area contributed by atoms with E-state index in [1.165, 1.54) is 0 Å². The first kappa shape index (κ1) is 14.1. The van der Waals surface area contributed by atoms with Crippen LogP contribution in [-0.4, -0.2) is 36.1 Å². The molecule has 3 N–H and O–H groups in total. The number of amides is 2. The third-order valence-electron chi connectivity index (χ3n) is 2.91. The Labute approximate surface area is 117 Å². The lowest BCUT2D eigenvalue weighted by atomic mass is 10.1. The fourth-order valence-electron chi connectivity index (χ4n) is 1.93. The number of hydrogen-bond acceptors (Lipinski definition) is 3. The van der Waals surface area contributed by atoms with E-state index < -0.39 is 0 Å². The van der Waals surface area contributed by atoms with Crippen molar-refractivity contribution >= 4 is 11.8 Å². The molecule has 2 rings (SSSR count). The van der Waals surface area contributed by atoms with Gasteiger partial charge in [0.15, 0.2) is 0 Å². The Morgan fingerprint density at radius 1 is 1.50 bits per heavy atom. The normalized spacial score (nSPS) is 17.1. The van der Waals surface area contributed by atoms with Gasteiger partial charge in [-0.05, 0) is 18.2 Å². The maximum absolute atomic E-state index is 12.1. The minimum absolute atomic E-state index is 0.0237. The average Bonchev–Trinajstić information content (AvgIpc) is 2.85. The van der Waals surface area contributed by atoms with Crippen LogP contribution >= 0.6 is 0 Å². The molecule has 0 aromatic heterocycles. The molecule has 1 fully saturated rings. The second-order valence-electron chi connectivity index (χ2n) is 4.53. The predicted octanol–water partition coefficient (Wildman–Crippen LogP) is 0.0388. The van der Waals surface area contributed by atoms with Crippen LogP contribution in [0.1, 0.15) is 28.8 Å². The summed E-state index contributed by atoms with van der Waals surface area (Å²) in [6.07, 6.45) is 0.730. The third-order valence-corrected chi connectivity index (χ3v) is 2.91. The highest BCUT2D eigenvalue weighted by Crippen LogP contribution is 2.06. The molecule has 0 radical (unpaired) electrons. The molecule has 0 saturated carbocycles. The Hall–Kier alpha value is -2.32. The molecule has 1 heterocycles. The number of hydrogen-bond donors (Lipinski definition) is 3. The lowest BCUT2D eigenvalue weighted by Gasteiger charge is -2.10. The fourth-order valence-corrected chi connectivity index (χ4v) is 1.93. The van der Waals surface area contributed by atoms with Gasteiger partial charge in [-0.1, -0.05) is 17.9 Å². The van der Waals surface area contributed by atoms with Gasteiger partial charge in [-0.25, -0.2) is 0 Å². The summed E-state index contributed by atoms with van der Waals surface area (Å²) < 4.78 is 0. The summed E-state index contributed by atoms with van der Waals surface area (Å²) >= 11 is 0. The number of carbonyl (C=O) groups is 2. The van der Waals surface area contributed by atoms with Crippen molar-refractivity contribution < 1.29 is 14.7 Å². The number of benzene rings is 1. The molecule has 1 unspecified atom stereocenters. The van der Waals surface area contributed by atoms with E-state index in [0.717, 1.165) is 5.56 Å². The van der Waals surface area contributed by atoms with Gasteiger partial charge in [-0.15, -0.1) is 0 Å². The molecule has 5 heteroatoms. The second kappa shape index (κ2) is 6.73. The molecule has 1 aliphatic heterocycles. The molecule has 5 nitrogen and oxygen atoms in total. The quantitative estimate of drug-likeness (QED) is 0.680. The molecule has 0 aliphatic carbocycles. The Balaban J connectivity index is 2.01.